The van der Waals surface area contributed by atoms with E-state index in [1.807, 2.05) is 6.92 Å². The van der Waals surface area contributed by atoms with Crippen LogP contribution < -0.4 is 20.5 Å². The van der Waals surface area contributed by atoms with E-state index < -0.39 is 18.0 Å². The van der Waals surface area contributed by atoms with Crippen LogP contribution in [0, 0.1) is 5.92 Å². The molecule has 3 atom stereocenters. The number of pyridine rings is 1. The summed E-state index contributed by atoms with van der Waals surface area (Å²) in [5.74, 6) is -0.854. The van der Waals surface area contributed by atoms with Crippen LogP contribution in [0.5, 0.6) is 11.6 Å². The van der Waals surface area contributed by atoms with E-state index in [4.69, 9.17) is 19.9 Å². The van der Waals surface area contributed by atoms with E-state index in [-0.39, 0.29) is 30.7 Å². The zero-order valence-corrected chi connectivity index (χ0v) is 17.0. The number of amides is 2. The summed E-state index contributed by atoms with van der Waals surface area (Å²) in [6, 6.07) is 4.76. The van der Waals surface area contributed by atoms with E-state index >= 15 is 0 Å². The number of alkyl halides is 1. The first kappa shape index (κ1) is 21.8. The SMILES string of the molecule is CC[C@@H]1[C@H](F)C(=O)N[C@@H]1CCOc1nccc2cc(C(N)=O)c(OCCOC)cc12. The number of benzene rings is 1. The summed E-state index contributed by atoms with van der Waals surface area (Å²) >= 11 is 0. The Kier molecular flexibility index (Phi) is 7.04. The van der Waals surface area contributed by atoms with Crippen molar-refractivity contribution in [2.45, 2.75) is 32.0 Å². The minimum absolute atomic E-state index is 0.248. The second-order valence-electron chi connectivity index (χ2n) is 7.12. The summed E-state index contributed by atoms with van der Waals surface area (Å²) in [5, 5.41) is 4.06. The standard InChI is InChI=1S/C21H26FN3O5/c1-3-13-16(25-20(27)18(13)22)5-7-30-21-14-11-17(29-9-8-28-2)15(19(23)26)10-12(14)4-6-24-21/h4,6,10-11,13,16,18H,3,5,7-9H2,1-2H3,(H2,23,26)(H,25,27)/t13-,16+,18-/m0/s1. The highest BCUT2D eigenvalue weighted by molar-refractivity contribution is 6.01. The zero-order chi connectivity index (χ0) is 21.7. The van der Waals surface area contributed by atoms with Gasteiger partial charge in [-0.1, -0.05) is 6.92 Å². The molecule has 1 aliphatic rings. The Morgan fingerprint density at radius 1 is 1.27 bits per heavy atom. The maximum absolute atomic E-state index is 13.9. The molecule has 3 N–H and O–H groups in total. The smallest absolute Gasteiger partial charge is 0.255 e. The second-order valence-corrected chi connectivity index (χ2v) is 7.12. The molecular formula is C21H26FN3O5. The molecule has 0 unspecified atom stereocenters. The zero-order valence-electron chi connectivity index (χ0n) is 17.0. The molecule has 0 aliphatic carbocycles. The number of carbonyl (C=O) groups excluding carboxylic acids is 2. The number of aromatic nitrogens is 1. The van der Waals surface area contributed by atoms with E-state index in [0.29, 0.717) is 36.5 Å². The molecule has 162 valence electrons. The average molecular weight is 419 g/mol. The minimum Gasteiger partial charge on any atom is -0.490 e. The van der Waals surface area contributed by atoms with Crippen molar-refractivity contribution in [2.24, 2.45) is 11.7 Å². The third kappa shape index (κ3) is 4.62. The molecule has 2 aromatic rings. The Balaban J connectivity index is 1.77. The van der Waals surface area contributed by atoms with Crippen LogP contribution in [0.25, 0.3) is 10.8 Å². The van der Waals surface area contributed by atoms with Crippen LogP contribution >= 0.6 is 0 Å². The number of nitrogens with two attached hydrogens (primary N) is 1. The topological polar surface area (TPSA) is 113 Å². The number of rotatable bonds is 10. The molecule has 3 rings (SSSR count). The first-order valence-electron chi connectivity index (χ1n) is 9.87. The molecule has 0 bridgehead atoms. The summed E-state index contributed by atoms with van der Waals surface area (Å²) in [5.41, 5.74) is 5.74. The normalized spacial score (nSPS) is 20.9. The Morgan fingerprint density at radius 2 is 2.07 bits per heavy atom. The van der Waals surface area contributed by atoms with Gasteiger partial charge in [0.15, 0.2) is 6.17 Å². The lowest BCUT2D eigenvalue weighted by atomic mass is 9.94. The molecular weight excluding hydrogens is 393 g/mol. The fourth-order valence-corrected chi connectivity index (χ4v) is 3.66. The van der Waals surface area contributed by atoms with Gasteiger partial charge in [0.2, 0.25) is 5.88 Å². The monoisotopic (exact) mass is 419 g/mol. The number of carbonyl (C=O) groups is 2. The van der Waals surface area contributed by atoms with Crippen molar-refractivity contribution >= 4 is 22.6 Å². The van der Waals surface area contributed by atoms with E-state index in [0.717, 1.165) is 5.39 Å². The van der Waals surface area contributed by atoms with Crippen LogP contribution in [-0.2, 0) is 9.53 Å². The van der Waals surface area contributed by atoms with Crippen molar-refractivity contribution in [3.05, 3.63) is 30.0 Å². The molecule has 1 fully saturated rings. The molecule has 30 heavy (non-hydrogen) atoms. The highest BCUT2D eigenvalue weighted by Crippen LogP contribution is 2.31. The largest absolute Gasteiger partial charge is 0.490 e. The highest BCUT2D eigenvalue weighted by atomic mass is 19.1. The van der Waals surface area contributed by atoms with Crippen LogP contribution in [0.1, 0.15) is 30.1 Å². The number of methoxy groups -OCH3 is 1. The van der Waals surface area contributed by atoms with Gasteiger partial charge in [0.05, 0.1) is 18.8 Å². The number of nitrogens with one attached hydrogen (secondary N) is 1. The summed E-state index contributed by atoms with van der Waals surface area (Å²) in [7, 11) is 1.55. The minimum atomic E-state index is -1.48. The first-order chi connectivity index (χ1) is 14.5. The average Bonchev–Trinajstić information content (AvgIpc) is 3.00. The Hall–Kier alpha value is -2.94. The molecule has 2 heterocycles. The van der Waals surface area contributed by atoms with Crippen molar-refractivity contribution in [2.75, 3.05) is 26.9 Å². The number of hydrogen-bond acceptors (Lipinski definition) is 6. The van der Waals surface area contributed by atoms with Gasteiger partial charge in [0.1, 0.15) is 12.4 Å². The van der Waals surface area contributed by atoms with E-state index in [2.05, 4.69) is 10.3 Å². The van der Waals surface area contributed by atoms with Gasteiger partial charge in [-0.05, 0) is 30.0 Å². The van der Waals surface area contributed by atoms with Gasteiger partial charge < -0.3 is 25.3 Å². The molecule has 9 heteroatoms. The van der Waals surface area contributed by atoms with Gasteiger partial charge in [-0.2, -0.15) is 0 Å². The lowest BCUT2D eigenvalue weighted by molar-refractivity contribution is -0.123. The molecule has 8 nitrogen and oxygen atoms in total. The fraction of sp³-hybridized carbons (Fsp3) is 0.476. The molecule has 2 amide bonds. The number of nitrogens with zero attached hydrogens (tertiary/aromatic N) is 1. The molecule has 0 spiro atoms. The summed E-state index contributed by atoms with van der Waals surface area (Å²) in [6.45, 7) is 2.72. The predicted molar refractivity (Wildman–Crippen MR) is 108 cm³/mol. The number of hydrogen-bond donors (Lipinski definition) is 2. The van der Waals surface area contributed by atoms with E-state index in [1.165, 1.54) is 0 Å². The molecule has 1 aromatic heterocycles. The Morgan fingerprint density at radius 3 is 2.77 bits per heavy atom. The number of fused-ring (bicyclic) bond motifs is 1. The first-order valence-corrected chi connectivity index (χ1v) is 9.87. The lowest BCUT2D eigenvalue weighted by Crippen LogP contribution is -2.30. The van der Waals surface area contributed by atoms with E-state index in [9.17, 15) is 14.0 Å². The molecule has 1 aliphatic heterocycles. The van der Waals surface area contributed by atoms with Crippen molar-refractivity contribution in [3.8, 4) is 11.6 Å². The summed E-state index contributed by atoms with van der Waals surface area (Å²) < 4.78 is 30.4. The fourth-order valence-electron chi connectivity index (χ4n) is 3.66. The summed E-state index contributed by atoms with van der Waals surface area (Å²) in [4.78, 5) is 27.7. The van der Waals surface area contributed by atoms with Gasteiger partial charge in [0, 0.05) is 37.1 Å². The van der Waals surface area contributed by atoms with Crippen LogP contribution in [-0.4, -0.2) is 55.9 Å². The Labute approximate surface area is 173 Å². The maximum atomic E-state index is 13.9. The Bertz CT molecular complexity index is 923. The van der Waals surface area contributed by atoms with Crippen LogP contribution in [0.4, 0.5) is 4.39 Å². The molecule has 0 radical (unpaired) electrons. The molecule has 1 aromatic carbocycles. The molecule has 1 saturated heterocycles. The third-order valence-corrected chi connectivity index (χ3v) is 5.25. The third-order valence-electron chi connectivity index (χ3n) is 5.25. The van der Waals surface area contributed by atoms with Crippen LogP contribution in [0.2, 0.25) is 0 Å². The van der Waals surface area contributed by atoms with Gasteiger partial charge in [-0.3, -0.25) is 9.59 Å². The second kappa shape index (κ2) is 9.71. The van der Waals surface area contributed by atoms with Crippen molar-refractivity contribution in [1.29, 1.82) is 0 Å². The number of ether oxygens (including phenoxy) is 3. The van der Waals surface area contributed by atoms with Crippen molar-refractivity contribution in [1.82, 2.24) is 10.3 Å². The summed E-state index contributed by atoms with van der Waals surface area (Å²) in [6.07, 6.45) is 1.11. The number of halogens is 1. The lowest BCUT2D eigenvalue weighted by Gasteiger charge is -2.18. The van der Waals surface area contributed by atoms with Crippen LogP contribution in [0.3, 0.4) is 0 Å². The van der Waals surface area contributed by atoms with Gasteiger partial charge >= 0.3 is 0 Å². The van der Waals surface area contributed by atoms with Crippen molar-refractivity contribution in [3.63, 3.8) is 0 Å². The maximum Gasteiger partial charge on any atom is 0.255 e. The van der Waals surface area contributed by atoms with Gasteiger partial charge in [-0.15, -0.1) is 0 Å². The van der Waals surface area contributed by atoms with Crippen LogP contribution in [0.15, 0.2) is 24.4 Å². The van der Waals surface area contributed by atoms with Gasteiger partial charge in [0.25, 0.3) is 11.8 Å². The van der Waals surface area contributed by atoms with Crippen molar-refractivity contribution < 1.29 is 28.2 Å². The number of primary amides is 1. The predicted octanol–water partition coefficient (Wildman–Crippen LogP) is 1.99. The highest BCUT2D eigenvalue weighted by Gasteiger charge is 2.41. The molecule has 0 saturated carbocycles. The quantitative estimate of drug-likeness (QED) is 0.570. The van der Waals surface area contributed by atoms with E-state index in [1.54, 1.807) is 31.5 Å². The van der Waals surface area contributed by atoms with Gasteiger partial charge in [-0.25, -0.2) is 9.37 Å².